The summed E-state index contributed by atoms with van der Waals surface area (Å²) in [5.41, 5.74) is 4.83. The highest BCUT2D eigenvalue weighted by Gasteiger charge is 2.29. The maximum atomic E-state index is 11.5. The number of carbonyl (C=O) groups excluding carboxylic acids is 1. The molecule has 1 fully saturated rings. The maximum Gasteiger partial charge on any atom is 0.132 e. The van der Waals surface area contributed by atoms with Gasteiger partial charge in [-0.1, -0.05) is 25.1 Å². The smallest absolute Gasteiger partial charge is 0.132 e. The summed E-state index contributed by atoms with van der Waals surface area (Å²) in [6, 6.07) is 6.90. The van der Waals surface area contributed by atoms with Crippen LogP contribution < -0.4 is 0 Å². The molecular weight excluding hydrogens is 232 g/mol. The van der Waals surface area contributed by atoms with E-state index in [4.69, 9.17) is 0 Å². The molecule has 0 radical (unpaired) electrons. The molecule has 1 unspecified atom stereocenters. The number of Topliss-reactive ketones (excluding diaryl/α,β-unsaturated/α-hetero) is 1. The lowest BCUT2D eigenvalue weighted by Gasteiger charge is -2.29. The van der Waals surface area contributed by atoms with Crippen LogP contribution >= 0.6 is 0 Å². The largest absolute Gasteiger partial charge is 0.300 e. The zero-order valence-corrected chi connectivity index (χ0v) is 12.1. The van der Waals surface area contributed by atoms with E-state index in [0.717, 1.165) is 18.8 Å². The molecule has 1 atom stereocenters. The number of benzene rings is 1. The van der Waals surface area contributed by atoms with Gasteiger partial charge >= 0.3 is 0 Å². The highest BCUT2D eigenvalue weighted by molar-refractivity contribution is 5.78. The monoisotopic (exact) mass is 256 g/mol. The van der Waals surface area contributed by atoms with Gasteiger partial charge in [-0.05, 0) is 74.0 Å². The molecular formula is C18H24O. The predicted molar refractivity (Wildman–Crippen MR) is 78.6 cm³/mol. The standard InChI is InChI=1S/C18H24O/c1-12-6-7-16-4-3-5-17(18(12)16)15-10-8-14(9-11-15)13(2)19/h3-5,12,14-15H,6-11H2,1-2H3. The van der Waals surface area contributed by atoms with Gasteiger partial charge in [-0.25, -0.2) is 0 Å². The highest BCUT2D eigenvalue weighted by atomic mass is 16.1. The number of fused-ring (bicyclic) bond motifs is 1. The van der Waals surface area contributed by atoms with Crippen LogP contribution in [0.1, 0.15) is 74.5 Å². The number of carbonyl (C=O) groups is 1. The first-order chi connectivity index (χ1) is 9.16. The number of aryl methyl sites for hydroxylation is 1. The molecule has 1 saturated carbocycles. The van der Waals surface area contributed by atoms with E-state index in [1.165, 1.54) is 25.7 Å². The molecule has 19 heavy (non-hydrogen) atoms. The average molecular weight is 256 g/mol. The second-order valence-corrected chi connectivity index (χ2v) is 6.52. The molecule has 0 aliphatic heterocycles. The Morgan fingerprint density at radius 3 is 2.53 bits per heavy atom. The van der Waals surface area contributed by atoms with Crippen LogP contribution in [0, 0.1) is 5.92 Å². The van der Waals surface area contributed by atoms with Crippen molar-refractivity contribution in [3.05, 3.63) is 34.9 Å². The second-order valence-electron chi connectivity index (χ2n) is 6.52. The molecule has 3 rings (SSSR count). The summed E-state index contributed by atoms with van der Waals surface area (Å²) >= 11 is 0. The van der Waals surface area contributed by atoms with Crippen molar-refractivity contribution < 1.29 is 4.79 Å². The fraction of sp³-hybridized carbons (Fsp3) is 0.611. The Morgan fingerprint density at radius 2 is 1.84 bits per heavy atom. The fourth-order valence-corrected chi connectivity index (χ4v) is 4.14. The third kappa shape index (κ3) is 2.35. The van der Waals surface area contributed by atoms with Crippen LogP contribution in [0.4, 0.5) is 0 Å². The predicted octanol–water partition coefficient (Wildman–Crippen LogP) is 4.60. The molecule has 1 heteroatoms. The lowest BCUT2D eigenvalue weighted by atomic mass is 9.75. The van der Waals surface area contributed by atoms with Crippen LogP contribution in [0.3, 0.4) is 0 Å². The average Bonchev–Trinajstić information content (AvgIpc) is 2.81. The molecule has 0 N–H and O–H groups in total. The van der Waals surface area contributed by atoms with Crippen LogP contribution in [0.25, 0.3) is 0 Å². The summed E-state index contributed by atoms with van der Waals surface area (Å²) in [5, 5.41) is 0. The third-order valence-corrected chi connectivity index (χ3v) is 5.31. The quantitative estimate of drug-likeness (QED) is 0.756. The van der Waals surface area contributed by atoms with Crippen LogP contribution in [0.2, 0.25) is 0 Å². The maximum absolute atomic E-state index is 11.5. The molecule has 1 aromatic carbocycles. The van der Waals surface area contributed by atoms with Crippen molar-refractivity contribution in [3.63, 3.8) is 0 Å². The number of hydrogen-bond donors (Lipinski definition) is 0. The Morgan fingerprint density at radius 1 is 1.11 bits per heavy atom. The molecule has 2 aliphatic carbocycles. The number of rotatable bonds is 2. The Balaban J connectivity index is 1.81. The third-order valence-electron chi connectivity index (χ3n) is 5.31. The zero-order valence-electron chi connectivity index (χ0n) is 12.1. The van der Waals surface area contributed by atoms with E-state index >= 15 is 0 Å². The van der Waals surface area contributed by atoms with Gasteiger partial charge in [-0.15, -0.1) is 0 Å². The van der Waals surface area contributed by atoms with Gasteiger partial charge in [0.05, 0.1) is 0 Å². The number of hydrogen-bond acceptors (Lipinski definition) is 1. The van der Waals surface area contributed by atoms with Gasteiger partial charge in [-0.2, -0.15) is 0 Å². The molecule has 0 bridgehead atoms. The topological polar surface area (TPSA) is 17.1 Å². The van der Waals surface area contributed by atoms with E-state index in [1.54, 1.807) is 23.6 Å². The molecule has 0 amide bonds. The van der Waals surface area contributed by atoms with Gasteiger partial charge in [0.25, 0.3) is 0 Å². The summed E-state index contributed by atoms with van der Waals surface area (Å²) in [6.07, 6.45) is 7.17. The van der Waals surface area contributed by atoms with E-state index in [0.29, 0.717) is 17.6 Å². The Hall–Kier alpha value is -1.11. The van der Waals surface area contributed by atoms with Crippen molar-refractivity contribution in [3.8, 4) is 0 Å². The van der Waals surface area contributed by atoms with E-state index in [2.05, 4.69) is 25.1 Å². The van der Waals surface area contributed by atoms with E-state index in [9.17, 15) is 4.79 Å². The molecule has 1 nitrogen and oxygen atoms in total. The van der Waals surface area contributed by atoms with E-state index in [-0.39, 0.29) is 0 Å². The molecule has 1 aromatic rings. The van der Waals surface area contributed by atoms with E-state index in [1.807, 2.05) is 0 Å². The zero-order chi connectivity index (χ0) is 13.4. The van der Waals surface area contributed by atoms with Crippen molar-refractivity contribution in [2.45, 2.75) is 64.2 Å². The minimum atomic E-state index is 0.338. The minimum absolute atomic E-state index is 0.338. The fourth-order valence-electron chi connectivity index (χ4n) is 4.14. The summed E-state index contributed by atoms with van der Waals surface area (Å²) in [7, 11) is 0. The molecule has 0 aromatic heterocycles. The summed E-state index contributed by atoms with van der Waals surface area (Å²) in [4.78, 5) is 11.5. The SMILES string of the molecule is CC(=O)C1CCC(c2cccc3c2C(C)CC3)CC1. The molecule has 0 saturated heterocycles. The molecule has 2 aliphatic rings. The Bertz CT molecular complexity index is 480. The number of ketones is 1. The first kappa shape index (κ1) is 12.9. The summed E-state index contributed by atoms with van der Waals surface area (Å²) in [5.74, 6) is 2.17. The summed E-state index contributed by atoms with van der Waals surface area (Å²) < 4.78 is 0. The van der Waals surface area contributed by atoms with Crippen molar-refractivity contribution in [2.24, 2.45) is 5.92 Å². The van der Waals surface area contributed by atoms with Gasteiger partial charge in [0.15, 0.2) is 0 Å². The first-order valence-electron chi connectivity index (χ1n) is 7.79. The second kappa shape index (κ2) is 5.11. The highest BCUT2D eigenvalue weighted by Crippen LogP contribution is 2.43. The lowest BCUT2D eigenvalue weighted by molar-refractivity contribution is -0.121. The molecule has 102 valence electrons. The van der Waals surface area contributed by atoms with Crippen LogP contribution in [0.5, 0.6) is 0 Å². The van der Waals surface area contributed by atoms with Crippen LogP contribution in [0.15, 0.2) is 18.2 Å². The van der Waals surface area contributed by atoms with E-state index < -0.39 is 0 Å². The van der Waals surface area contributed by atoms with Gasteiger partial charge in [-0.3, -0.25) is 4.79 Å². The van der Waals surface area contributed by atoms with Crippen molar-refractivity contribution >= 4 is 5.78 Å². The summed E-state index contributed by atoms with van der Waals surface area (Å²) in [6.45, 7) is 4.13. The Labute approximate surface area is 116 Å². The Kier molecular flexibility index (Phi) is 3.47. The van der Waals surface area contributed by atoms with Gasteiger partial charge in [0, 0.05) is 5.92 Å². The minimum Gasteiger partial charge on any atom is -0.300 e. The van der Waals surface area contributed by atoms with Gasteiger partial charge in [0.1, 0.15) is 5.78 Å². The van der Waals surface area contributed by atoms with Crippen LogP contribution in [-0.2, 0) is 11.2 Å². The van der Waals surface area contributed by atoms with Crippen molar-refractivity contribution in [1.29, 1.82) is 0 Å². The first-order valence-corrected chi connectivity index (χ1v) is 7.79. The van der Waals surface area contributed by atoms with Crippen LogP contribution in [-0.4, -0.2) is 5.78 Å². The molecule has 0 spiro atoms. The lowest BCUT2D eigenvalue weighted by Crippen LogP contribution is -2.19. The van der Waals surface area contributed by atoms with Gasteiger partial charge < -0.3 is 0 Å². The van der Waals surface area contributed by atoms with Crippen molar-refractivity contribution in [2.75, 3.05) is 0 Å². The van der Waals surface area contributed by atoms with Gasteiger partial charge in [0.2, 0.25) is 0 Å². The normalized spacial score (nSPS) is 30.1. The van der Waals surface area contributed by atoms with Crippen molar-refractivity contribution in [1.82, 2.24) is 0 Å². The molecule has 0 heterocycles.